The lowest BCUT2D eigenvalue weighted by Gasteiger charge is -2.15. The van der Waals surface area contributed by atoms with Crippen molar-refractivity contribution >= 4 is 15.9 Å². The molecule has 0 saturated carbocycles. The predicted molar refractivity (Wildman–Crippen MR) is 70.7 cm³/mol. The Morgan fingerprint density at radius 2 is 1.80 bits per heavy atom. The highest BCUT2D eigenvalue weighted by Crippen LogP contribution is 2.06. The van der Waals surface area contributed by atoms with E-state index in [1.807, 2.05) is 0 Å². The van der Waals surface area contributed by atoms with Crippen LogP contribution >= 0.6 is 15.9 Å². The van der Waals surface area contributed by atoms with Crippen molar-refractivity contribution in [1.82, 2.24) is 5.32 Å². The molecule has 0 aromatic rings. The van der Waals surface area contributed by atoms with Crippen LogP contribution in [0.1, 0.15) is 40.5 Å². The maximum Gasteiger partial charge on any atom is 0.0591 e. The van der Waals surface area contributed by atoms with E-state index in [4.69, 9.17) is 4.74 Å². The summed E-state index contributed by atoms with van der Waals surface area (Å²) < 4.78 is 5.53. The normalized spacial score (nSPS) is 15.6. The summed E-state index contributed by atoms with van der Waals surface area (Å²) in [6.07, 6.45) is 2.32. The Morgan fingerprint density at radius 1 is 1.13 bits per heavy atom. The second kappa shape index (κ2) is 9.61. The monoisotopic (exact) mass is 279 g/mol. The fourth-order valence-electron chi connectivity index (χ4n) is 1.37. The summed E-state index contributed by atoms with van der Waals surface area (Å²) in [5, 5.41) is 3.45. The molecule has 3 heteroatoms. The van der Waals surface area contributed by atoms with Crippen LogP contribution in [0.15, 0.2) is 0 Å². The van der Waals surface area contributed by atoms with E-state index < -0.39 is 0 Å². The van der Waals surface area contributed by atoms with E-state index in [2.05, 4.69) is 48.9 Å². The first-order valence-corrected chi connectivity index (χ1v) is 6.89. The van der Waals surface area contributed by atoms with E-state index in [0.29, 0.717) is 10.9 Å². The first-order valence-electron chi connectivity index (χ1n) is 5.97. The Morgan fingerprint density at radius 3 is 2.33 bits per heavy atom. The molecule has 1 N–H and O–H groups in total. The van der Waals surface area contributed by atoms with Crippen LogP contribution < -0.4 is 5.32 Å². The summed E-state index contributed by atoms with van der Waals surface area (Å²) in [6.45, 7) is 11.5. The lowest BCUT2D eigenvalue weighted by atomic mass is 10.1. The number of halogens is 1. The largest absolute Gasteiger partial charge is 0.380 e. The second-order valence-corrected chi connectivity index (χ2v) is 6.23. The standard InChI is InChI=1S/C12H26BrNO/c1-10(2)5-7-15-8-6-14-12(4)9-11(3)13/h10-12,14H,5-9H2,1-4H3. The second-order valence-electron chi connectivity index (χ2n) is 4.67. The molecule has 0 saturated heterocycles. The number of hydrogen-bond acceptors (Lipinski definition) is 2. The average molecular weight is 280 g/mol. The minimum atomic E-state index is 0.563. The minimum Gasteiger partial charge on any atom is -0.380 e. The van der Waals surface area contributed by atoms with Gasteiger partial charge in [0, 0.05) is 24.0 Å². The Balaban J connectivity index is 3.16. The molecule has 0 spiro atoms. The van der Waals surface area contributed by atoms with E-state index in [1.54, 1.807) is 0 Å². The molecule has 0 aliphatic carbocycles. The minimum absolute atomic E-state index is 0.563. The third-order valence-corrected chi connectivity index (χ3v) is 2.63. The van der Waals surface area contributed by atoms with Crippen molar-refractivity contribution in [3.8, 4) is 0 Å². The van der Waals surface area contributed by atoms with Crippen molar-refractivity contribution < 1.29 is 4.74 Å². The first kappa shape index (κ1) is 15.4. The molecular weight excluding hydrogens is 254 g/mol. The molecule has 0 aromatic carbocycles. The molecule has 0 radical (unpaired) electrons. The molecule has 0 rings (SSSR count). The molecule has 0 fully saturated rings. The summed E-state index contributed by atoms with van der Waals surface area (Å²) >= 11 is 3.55. The highest BCUT2D eigenvalue weighted by atomic mass is 79.9. The lowest BCUT2D eigenvalue weighted by molar-refractivity contribution is 0.123. The smallest absolute Gasteiger partial charge is 0.0591 e. The van der Waals surface area contributed by atoms with Crippen LogP contribution in [-0.4, -0.2) is 30.6 Å². The fraction of sp³-hybridized carbons (Fsp3) is 1.00. The van der Waals surface area contributed by atoms with Gasteiger partial charge in [0.05, 0.1) is 6.61 Å². The van der Waals surface area contributed by atoms with Gasteiger partial charge in [-0.3, -0.25) is 0 Å². The van der Waals surface area contributed by atoms with Crippen LogP contribution in [0.4, 0.5) is 0 Å². The van der Waals surface area contributed by atoms with Crippen LogP contribution in [0, 0.1) is 5.92 Å². The molecule has 2 nitrogen and oxygen atoms in total. The van der Waals surface area contributed by atoms with Crippen molar-refractivity contribution in [2.45, 2.75) is 51.4 Å². The van der Waals surface area contributed by atoms with Crippen LogP contribution in [0.5, 0.6) is 0 Å². The zero-order valence-electron chi connectivity index (χ0n) is 10.6. The lowest BCUT2D eigenvalue weighted by Crippen LogP contribution is -2.31. The summed E-state index contributed by atoms with van der Waals surface area (Å²) in [5.41, 5.74) is 0. The van der Waals surface area contributed by atoms with Crippen molar-refractivity contribution in [3.05, 3.63) is 0 Å². The van der Waals surface area contributed by atoms with Crippen LogP contribution in [0.25, 0.3) is 0 Å². The van der Waals surface area contributed by atoms with Gasteiger partial charge < -0.3 is 10.1 Å². The number of alkyl halides is 1. The van der Waals surface area contributed by atoms with Crippen LogP contribution in [0.3, 0.4) is 0 Å². The van der Waals surface area contributed by atoms with E-state index in [1.165, 1.54) is 0 Å². The van der Waals surface area contributed by atoms with Gasteiger partial charge in [0.1, 0.15) is 0 Å². The number of hydrogen-bond donors (Lipinski definition) is 1. The number of rotatable bonds is 9. The van der Waals surface area contributed by atoms with Gasteiger partial charge in [-0.1, -0.05) is 36.7 Å². The summed E-state index contributed by atoms with van der Waals surface area (Å²) in [5.74, 6) is 0.742. The summed E-state index contributed by atoms with van der Waals surface area (Å²) in [4.78, 5) is 0.585. The van der Waals surface area contributed by atoms with Gasteiger partial charge >= 0.3 is 0 Å². The fourth-order valence-corrected chi connectivity index (χ4v) is 1.93. The van der Waals surface area contributed by atoms with E-state index in [9.17, 15) is 0 Å². The van der Waals surface area contributed by atoms with E-state index in [0.717, 1.165) is 38.5 Å². The topological polar surface area (TPSA) is 21.3 Å². The molecule has 0 aromatic heterocycles. The maximum atomic E-state index is 5.53. The maximum absolute atomic E-state index is 5.53. The zero-order valence-corrected chi connectivity index (χ0v) is 12.1. The quantitative estimate of drug-likeness (QED) is 0.517. The van der Waals surface area contributed by atoms with E-state index >= 15 is 0 Å². The highest BCUT2D eigenvalue weighted by molar-refractivity contribution is 9.09. The third-order valence-electron chi connectivity index (χ3n) is 2.26. The molecule has 0 heterocycles. The molecule has 0 bridgehead atoms. The highest BCUT2D eigenvalue weighted by Gasteiger charge is 2.04. The van der Waals surface area contributed by atoms with E-state index in [-0.39, 0.29) is 0 Å². The van der Waals surface area contributed by atoms with Gasteiger partial charge in [0.15, 0.2) is 0 Å². The Bertz CT molecular complexity index is 140. The molecule has 0 amide bonds. The molecule has 2 unspecified atom stereocenters. The third kappa shape index (κ3) is 12.3. The molecular formula is C12H26BrNO. The molecule has 92 valence electrons. The predicted octanol–water partition coefficient (Wildman–Crippen LogP) is 3.20. The van der Waals surface area contributed by atoms with Gasteiger partial charge in [-0.25, -0.2) is 0 Å². The van der Waals surface area contributed by atoms with Gasteiger partial charge in [-0.05, 0) is 25.7 Å². The Hall–Kier alpha value is 0.400. The molecule has 0 aliphatic rings. The molecule has 0 aliphatic heterocycles. The molecule has 2 atom stereocenters. The van der Waals surface area contributed by atoms with Crippen molar-refractivity contribution in [3.63, 3.8) is 0 Å². The van der Waals surface area contributed by atoms with Crippen LogP contribution in [0.2, 0.25) is 0 Å². The number of nitrogens with one attached hydrogen (secondary N) is 1. The zero-order chi connectivity index (χ0) is 11.7. The Kier molecular flexibility index (Phi) is 9.87. The van der Waals surface area contributed by atoms with Crippen molar-refractivity contribution in [1.29, 1.82) is 0 Å². The van der Waals surface area contributed by atoms with Gasteiger partial charge in [0.25, 0.3) is 0 Å². The number of ether oxygens (including phenoxy) is 1. The van der Waals surface area contributed by atoms with Gasteiger partial charge in [-0.15, -0.1) is 0 Å². The van der Waals surface area contributed by atoms with Gasteiger partial charge in [0.2, 0.25) is 0 Å². The Labute approximate surface area is 103 Å². The average Bonchev–Trinajstić information content (AvgIpc) is 2.09. The molecule has 15 heavy (non-hydrogen) atoms. The van der Waals surface area contributed by atoms with Crippen molar-refractivity contribution in [2.24, 2.45) is 5.92 Å². The SMILES string of the molecule is CC(C)CCOCCNC(C)CC(C)Br. The van der Waals surface area contributed by atoms with Gasteiger partial charge in [-0.2, -0.15) is 0 Å². The summed E-state index contributed by atoms with van der Waals surface area (Å²) in [7, 11) is 0. The summed E-state index contributed by atoms with van der Waals surface area (Å²) in [6, 6.07) is 0.563. The first-order chi connectivity index (χ1) is 7.02. The van der Waals surface area contributed by atoms with Crippen LogP contribution in [-0.2, 0) is 4.74 Å². The van der Waals surface area contributed by atoms with Crippen molar-refractivity contribution in [2.75, 3.05) is 19.8 Å².